The van der Waals surface area contributed by atoms with E-state index in [-0.39, 0.29) is 18.2 Å². The van der Waals surface area contributed by atoms with Crippen LogP contribution in [0.2, 0.25) is 0 Å². The maximum absolute atomic E-state index is 14.0. The number of nitrogens with two attached hydrogens (primary N) is 1. The summed E-state index contributed by atoms with van der Waals surface area (Å²) in [6.07, 6.45) is 6.62. The number of anilines is 1. The van der Waals surface area contributed by atoms with E-state index in [0.29, 0.717) is 24.4 Å². The molecule has 1 aliphatic heterocycles. The van der Waals surface area contributed by atoms with E-state index in [1.54, 1.807) is 24.8 Å². The smallest absolute Gasteiger partial charge is 0.166 e. The number of aliphatic imine (C=N–C) groups is 1. The van der Waals surface area contributed by atoms with E-state index in [1.165, 1.54) is 18.5 Å². The molecule has 8 nitrogen and oxygen atoms in total. The maximum Gasteiger partial charge on any atom is 0.166 e. The van der Waals surface area contributed by atoms with Gasteiger partial charge in [0.15, 0.2) is 11.6 Å². The average molecular weight is 415 g/mol. The second-order valence-corrected chi connectivity index (χ2v) is 7.13. The normalized spacial score (nSPS) is 12.4. The zero-order valence-electron chi connectivity index (χ0n) is 16.5. The summed E-state index contributed by atoms with van der Waals surface area (Å²) in [6, 6.07) is 6.38. The number of pyridine rings is 1. The van der Waals surface area contributed by atoms with E-state index in [4.69, 9.17) is 10.5 Å². The molecule has 31 heavy (non-hydrogen) atoms. The predicted molar refractivity (Wildman–Crippen MR) is 114 cm³/mol. The molecule has 0 atom stereocenters. The lowest BCUT2D eigenvalue weighted by Gasteiger charge is -2.18. The zero-order valence-corrected chi connectivity index (χ0v) is 16.5. The topological polar surface area (TPSA) is 104 Å². The van der Waals surface area contributed by atoms with Crippen LogP contribution in [0.3, 0.4) is 0 Å². The molecule has 4 aromatic rings. The van der Waals surface area contributed by atoms with Gasteiger partial charge in [0.25, 0.3) is 0 Å². The summed E-state index contributed by atoms with van der Waals surface area (Å²) >= 11 is 0. The molecule has 0 saturated carbocycles. The van der Waals surface area contributed by atoms with Gasteiger partial charge in [-0.2, -0.15) is 0 Å². The molecular formula is C22H18FN7O. The fraction of sp³-hybridized carbons (Fsp3) is 0.136. The van der Waals surface area contributed by atoms with Crippen molar-refractivity contribution in [1.29, 1.82) is 0 Å². The number of fused-ring (bicyclic) bond motifs is 7. The van der Waals surface area contributed by atoms with Crippen LogP contribution in [0.15, 0.2) is 54.3 Å². The van der Waals surface area contributed by atoms with Crippen LogP contribution < -0.4 is 10.5 Å². The van der Waals surface area contributed by atoms with Crippen LogP contribution in [0.1, 0.15) is 17.0 Å². The molecule has 5 rings (SSSR count). The van der Waals surface area contributed by atoms with E-state index in [1.807, 2.05) is 10.6 Å². The Morgan fingerprint density at radius 1 is 1.16 bits per heavy atom. The average Bonchev–Trinajstić information content (AvgIpc) is 3.15. The first kappa shape index (κ1) is 18.9. The lowest BCUT2D eigenvalue weighted by atomic mass is 9.99. The quantitative estimate of drug-likeness (QED) is 0.504. The van der Waals surface area contributed by atoms with Crippen molar-refractivity contribution in [3.8, 4) is 28.1 Å². The Hall–Kier alpha value is -4.14. The first-order valence-electron chi connectivity index (χ1n) is 9.57. The van der Waals surface area contributed by atoms with Crippen LogP contribution in [0.25, 0.3) is 22.4 Å². The summed E-state index contributed by atoms with van der Waals surface area (Å²) in [7, 11) is 0. The molecule has 2 N–H and O–H groups in total. The Morgan fingerprint density at radius 2 is 2.06 bits per heavy atom. The number of hydrogen-bond acceptors (Lipinski definition) is 7. The van der Waals surface area contributed by atoms with E-state index < -0.39 is 0 Å². The summed E-state index contributed by atoms with van der Waals surface area (Å²) in [5.41, 5.74) is 11.4. The van der Waals surface area contributed by atoms with Gasteiger partial charge in [-0.3, -0.25) is 4.99 Å². The molecule has 0 radical (unpaired) electrons. The van der Waals surface area contributed by atoms with Crippen molar-refractivity contribution in [1.82, 2.24) is 24.5 Å². The van der Waals surface area contributed by atoms with Gasteiger partial charge in [0, 0.05) is 29.1 Å². The van der Waals surface area contributed by atoms with Crippen molar-refractivity contribution in [3.63, 3.8) is 0 Å². The summed E-state index contributed by atoms with van der Waals surface area (Å²) in [4.78, 5) is 21.5. The van der Waals surface area contributed by atoms with Crippen molar-refractivity contribution < 1.29 is 9.13 Å². The Bertz CT molecular complexity index is 1300. The van der Waals surface area contributed by atoms with Gasteiger partial charge in [0.05, 0.1) is 36.5 Å². The number of hydrogen-bond donors (Lipinski definition) is 1. The molecule has 2 bridgehead atoms. The SMILES string of the molecule is C=NCc1ncn2c1-c1cnc(N)c(c1)OCc1cc(F)ccc1-c1cncnc1C2. The Kier molecular flexibility index (Phi) is 4.62. The first-order valence-corrected chi connectivity index (χ1v) is 9.57. The van der Waals surface area contributed by atoms with Gasteiger partial charge in [-0.15, -0.1) is 0 Å². The molecule has 4 heterocycles. The summed E-state index contributed by atoms with van der Waals surface area (Å²) < 4.78 is 22.0. The third-order valence-electron chi connectivity index (χ3n) is 5.19. The van der Waals surface area contributed by atoms with Gasteiger partial charge < -0.3 is 15.0 Å². The van der Waals surface area contributed by atoms with Crippen molar-refractivity contribution in [2.45, 2.75) is 19.7 Å². The summed E-state index contributed by atoms with van der Waals surface area (Å²) in [6.45, 7) is 4.47. The molecule has 0 unspecified atom stereocenters. The maximum atomic E-state index is 14.0. The van der Waals surface area contributed by atoms with E-state index >= 15 is 0 Å². The summed E-state index contributed by atoms with van der Waals surface area (Å²) in [5.74, 6) is 0.297. The molecule has 0 aliphatic carbocycles. The lowest BCUT2D eigenvalue weighted by Crippen LogP contribution is -2.09. The third-order valence-corrected chi connectivity index (χ3v) is 5.19. The number of nitrogens with zero attached hydrogens (tertiary/aromatic N) is 6. The number of halogens is 1. The number of rotatable bonds is 2. The summed E-state index contributed by atoms with van der Waals surface area (Å²) in [5, 5.41) is 0. The highest BCUT2D eigenvalue weighted by Gasteiger charge is 2.20. The predicted octanol–water partition coefficient (Wildman–Crippen LogP) is 3.26. The molecule has 1 aromatic carbocycles. The van der Waals surface area contributed by atoms with Crippen molar-refractivity contribution >= 4 is 12.5 Å². The molecule has 3 aromatic heterocycles. The third kappa shape index (κ3) is 3.39. The molecular weight excluding hydrogens is 397 g/mol. The second-order valence-electron chi connectivity index (χ2n) is 7.13. The van der Waals surface area contributed by atoms with E-state index in [0.717, 1.165) is 33.8 Å². The first-order chi connectivity index (χ1) is 15.1. The number of imidazole rings is 1. The Labute approximate surface area is 177 Å². The van der Waals surface area contributed by atoms with E-state index in [2.05, 4.69) is 31.6 Å². The number of aromatic nitrogens is 5. The van der Waals surface area contributed by atoms with E-state index in [9.17, 15) is 4.39 Å². The van der Waals surface area contributed by atoms with Crippen molar-refractivity contribution in [2.75, 3.05) is 5.73 Å². The van der Waals surface area contributed by atoms with Crippen molar-refractivity contribution in [3.05, 3.63) is 72.1 Å². The molecule has 0 spiro atoms. The second kappa shape index (κ2) is 7.60. The number of benzene rings is 1. The Balaban J connectivity index is 1.77. The van der Waals surface area contributed by atoms with Crippen LogP contribution in [-0.4, -0.2) is 31.2 Å². The highest BCUT2D eigenvalue weighted by Crippen LogP contribution is 2.34. The molecule has 0 amide bonds. The van der Waals surface area contributed by atoms with Crippen LogP contribution in [0.5, 0.6) is 5.75 Å². The number of nitrogen functional groups attached to an aromatic ring is 1. The Morgan fingerprint density at radius 3 is 2.94 bits per heavy atom. The standard InChI is InChI=1S/C22H18FN7O/c1-25-8-18-21-13-5-20(22(24)27-6-13)31-10-14-4-15(23)2-3-16(14)17-7-26-11-28-19(17)9-30(21)12-29-18/h2-7,11-12H,1,8-10H2,(H2,24,27). The number of ether oxygens (including phenoxy) is 1. The lowest BCUT2D eigenvalue weighted by molar-refractivity contribution is 0.307. The monoisotopic (exact) mass is 415 g/mol. The molecule has 0 fully saturated rings. The highest BCUT2D eigenvalue weighted by atomic mass is 19.1. The van der Waals surface area contributed by atoms with Gasteiger partial charge >= 0.3 is 0 Å². The zero-order chi connectivity index (χ0) is 21.4. The van der Waals surface area contributed by atoms with Crippen molar-refractivity contribution in [2.24, 2.45) is 4.99 Å². The van der Waals surface area contributed by atoms with Gasteiger partial charge in [-0.05, 0) is 30.5 Å². The minimum Gasteiger partial charge on any atom is -0.485 e. The fourth-order valence-electron chi connectivity index (χ4n) is 3.77. The van der Waals surface area contributed by atoms with Gasteiger partial charge in [-0.1, -0.05) is 6.07 Å². The van der Waals surface area contributed by atoms with Crippen LogP contribution in [-0.2, 0) is 19.7 Å². The van der Waals surface area contributed by atoms with Gasteiger partial charge in [0.2, 0.25) is 0 Å². The van der Waals surface area contributed by atoms with Gasteiger partial charge in [0.1, 0.15) is 18.8 Å². The van der Waals surface area contributed by atoms with Crippen LogP contribution in [0, 0.1) is 5.82 Å². The van der Waals surface area contributed by atoms with Gasteiger partial charge in [-0.25, -0.2) is 24.3 Å². The minimum atomic E-state index is -0.355. The van der Waals surface area contributed by atoms with Crippen LogP contribution in [0.4, 0.5) is 10.2 Å². The highest BCUT2D eigenvalue weighted by molar-refractivity contribution is 5.70. The largest absolute Gasteiger partial charge is 0.485 e. The minimum absolute atomic E-state index is 0.108. The fourth-order valence-corrected chi connectivity index (χ4v) is 3.77. The molecule has 154 valence electrons. The molecule has 0 saturated heterocycles. The van der Waals surface area contributed by atoms with Crippen LogP contribution >= 0.6 is 0 Å². The molecule has 1 aliphatic rings. The molecule has 9 heteroatoms.